The highest BCUT2D eigenvalue weighted by Gasteiger charge is 2.17. The molecule has 5 heteroatoms. The van der Waals surface area contributed by atoms with Gasteiger partial charge in [0.15, 0.2) is 9.84 Å². The monoisotopic (exact) mass is 396 g/mol. The molecule has 2 aromatic rings. The third-order valence-corrected chi connectivity index (χ3v) is 6.22. The summed E-state index contributed by atoms with van der Waals surface area (Å²) >= 11 is 3.32. The van der Waals surface area contributed by atoms with Gasteiger partial charge in [-0.2, -0.15) is 0 Å². The summed E-state index contributed by atoms with van der Waals surface area (Å²) in [4.78, 5) is 1.58. The van der Waals surface area contributed by atoms with Crippen molar-refractivity contribution in [3.05, 3.63) is 63.6 Å². The lowest BCUT2D eigenvalue weighted by Crippen LogP contribution is -3.08. The van der Waals surface area contributed by atoms with Gasteiger partial charge in [0.1, 0.15) is 12.3 Å². The number of quaternary nitrogens is 1. The van der Waals surface area contributed by atoms with Gasteiger partial charge in [-0.1, -0.05) is 39.7 Å². The van der Waals surface area contributed by atoms with E-state index in [1.807, 2.05) is 7.05 Å². The largest absolute Gasteiger partial charge is 0.333 e. The van der Waals surface area contributed by atoms with Crippen LogP contribution in [0, 0.1) is 13.8 Å². The highest BCUT2D eigenvalue weighted by atomic mass is 79.9. The molecule has 1 unspecified atom stereocenters. The van der Waals surface area contributed by atoms with E-state index in [0.717, 1.165) is 11.0 Å². The van der Waals surface area contributed by atoms with Crippen molar-refractivity contribution in [2.24, 2.45) is 0 Å². The first-order valence-electron chi connectivity index (χ1n) is 7.64. The number of hydrogen-bond acceptors (Lipinski definition) is 2. The molecule has 0 aliphatic rings. The first-order valence-corrected chi connectivity index (χ1v) is 10.1. The summed E-state index contributed by atoms with van der Waals surface area (Å²) in [6.45, 7) is 5.61. The smallest absolute Gasteiger partial charge is 0.183 e. The molecule has 0 fully saturated rings. The van der Waals surface area contributed by atoms with Gasteiger partial charge >= 0.3 is 0 Å². The summed E-state index contributed by atoms with van der Waals surface area (Å²) in [5.41, 5.74) is 3.79. The maximum Gasteiger partial charge on any atom is 0.183 e. The summed E-state index contributed by atoms with van der Waals surface area (Å²) < 4.78 is 25.6. The summed E-state index contributed by atoms with van der Waals surface area (Å²) in [6.07, 6.45) is 0. The zero-order chi connectivity index (χ0) is 17.0. The van der Waals surface area contributed by atoms with Crippen molar-refractivity contribution < 1.29 is 13.3 Å². The molecule has 0 saturated heterocycles. The standard InChI is InChI=1S/C18H22BrNO2S/c1-14-4-5-16(15(2)12-14)13-20(3)10-11-23(21,22)18-8-6-17(19)7-9-18/h4-9,12H,10-11,13H2,1-3H3/p+1. The molecular formula is C18H23BrNO2S+. The number of nitrogens with one attached hydrogen (secondary N) is 1. The van der Waals surface area contributed by atoms with Crippen LogP contribution < -0.4 is 4.90 Å². The Morgan fingerprint density at radius 3 is 2.30 bits per heavy atom. The normalized spacial score (nSPS) is 13.0. The first kappa shape index (κ1) is 18.2. The zero-order valence-corrected chi connectivity index (χ0v) is 16.2. The molecule has 23 heavy (non-hydrogen) atoms. The molecule has 124 valence electrons. The van der Waals surface area contributed by atoms with Gasteiger partial charge in [-0.05, 0) is 43.7 Å². The molecule has 3 nitrogen and oxygen atoms in total. The van der Waals surface area contributed by atoms with E-state index in [9.17, 15) is 8.42 Å². The summed E-state index contributed by atoms with van der Waals surface area (Å²) in [7, 11) is -1.18. The molecule has 0 bridgehead atoms. The molecule has 0 heterocycles. The van der Waals surface area contributed by atoms with E-state index < -0.39 is 9.84 Å². The number of aryl methyl sites for hydroxylation is 2. The fourth-order valence-electron chi connectivity index (χ4n) is 2.53. The Morgan fingerprint density at radius 2 is 1.70 bits per heavy atom. The number of sulfone groups is 1. The fraction of sp³-hybridized carbons (Fsp3) is 0.333. The van der Waals surface area contributed by atoms with Gasteiger partial charge in [-0.25, -0.2) is 8.42 Å². The van der Waals surface area contributed by atoms with E-state index in [4.69, 9.17) is 0 Å². The summed E-state index contributed by atoms with van der Waals surface area (Å²) in [5, 5.41) is 0. The Kier molecular flexibility index (Phi) is 6.00. The molecule has 0 aromatic heterocycles. The third-order valence-electron chi connectivity index (χ3n) is 3.96. The third kappa shape index (κ3) is 5.16. The van der Waals surface area contributed by atoms with E-state index in [-0.39, 0.29) is 5.75 Å². The van der Waals surface area contributed by atoms with E-state index in [1.54, 1.807) is 24.3 Å². The van der Waals surface area contributed by atoms with Crippen LogP contribution in [0.25, 0.3) is 0 Å². The lowest BCUT2D eigenvalue weighted by molar-refractivity contribution is -0.891. The van der Waals surface area contributed by atoms with Crippen LogP contribution in [0.5, 0.6) is 0 Å². The van der Waals surface area contributed by atoms with Crippen molar-refractivity contribution in [1.82, 2.24) is 0 Å². The lowest BCUT2D eigenvalue weighted by Gasteiger charge is -2.16. The van der Waals surface area contributed by atoms with E-state index in [0.29, 0.717) is 11.4 Å². The highest BCUT2D eigenvalue weighted by molar-refractivity contribution is 9.10. The SMILES string of the molecule is Cc1ccc(C[NH+](C)CCS(=O)(=O)c2ccc(Br)cc2)c(C)c1. The average Bonchev–Trinajstić information content (AvgIpc) is 2.49. The molecule has 0 radical (unpaired) electrons. The Bertz CT molecular complexity index is 770. The average molecular weight is 397 g/mol. The molecule has 0 spiro atoms. The van der Waals surface area contributed by atoms with Crippen LogP contribution in [-0.2, 0) is 16.4 Å². The quantitative estimate of drug-likeness (QED) is 0.814. The lowest BCUT2D eigenvalue weighted by atomic mass is 10.1. The molecular weight excluding hydrogens is 374 g/mol. The molecule has 1 atom stereocenters. The second-order valence-corrected chi connectivity index (χ2v) is 9.11. The fourth-order valence-corrected chi connectivity index (χ4v) is 4.19. The van der Waals surface area contributed by atoms with Gasteiger partial charge in [-0.15, -0.1) is 0 Å². The van der Waals surface area contributed by atoms with Crippen LogP contribution in [0.4, 0.5) is 0 Å². The molecule has 0 aliphatic carbocycles. The minimum Gasteiger partial charge on any atom is -0.333 e. The van der Waals surface area contributed by atoms with Gasteiger partial charge in [0.05, 0.1) is 18.5 Å². The summed E-state index contributed by atoms with van der Waals surface area (Å²) in [6, 6.07) is 13.2. The number of rotatable bonds is 6. The van der Waals surface area contributed by atoms with Crippen molar-refractivity contribution >= 4 is 25.8 Å². The zero-order valence-electron chi connectivity index (χ0n) is 13.8. The molecule has 0 aliphatic heterocycles. The molecule has 0 saturated carbocycles. The van der Waals surface area contributed by atoms with Crippen LogP contribution >= 0.6 is 15.9 Å². The van der Waals surface area contributed by atoms with Crippen molar-refractivity contribution in [3.8, 4) is 0 Å². The van der Waals surface area contributed by atoms with Crippen molar-refractivity contribution in [3.63, 3.8) is 0 Å². The Hall–Kier alpha value is -1.17. The van der Waals surface area contributed by atoms with E-state index >= 15 is 0 Å². The van der Waals surface area contributed by atoms with E-state index in [1.165, 1.54) is 21.6 Å². The number of halogens is 1. The first-order chi connectivity index (χ1) is 10.8. The summed E-state index contributed by atoms with van der Waals surface area (Å²) in [5.74, 6) is 0.158. The Morgan fingerprint density at radius 1 is 1.04 bits per heavy atom. The van der Waals surface area contributed by atoms with E-state index in [2.05, 4.69) is 48.0 Å². The maximum absolute atomic E-state index is 12.4. The van der Waals surface area contributed by atoms with Crippen LogP contribution in [0.2, 0.25) is 0 Å². The van der Waals surface area contributed by atoms with Gasteiger partial charge in [0.2, 0.25) is 0 Å². The van der Waals surface area contributed by atoms with Gasteiger partial charge in [0.25, 0.3) is 0 Å². The van der Waals surface area contributed by atoms with Crippen LogP contribution in [-0.4, -0.2) is 27.8 Å². The minimum absolute atomic E-state index is 0.158. The minimum atomic E-state index is -3.22. The van der Waals surface area contributed by atoms with Crippen LogP contribution in [0.1, 0.15) is 16.7 Å². The molecule has 1 N–H and O–H groups in total. The highest BCUT2D eigenvalue weighted by Crippen LogP contribution is 2.15. The van der Waals surface area contributed by atoms with Crippen LogP contribution in [0.15, 0.2) is 51.8 Å². The van der Waals surface area contributed by atoms with Gasteiger partial charge in [-0.3, -0.25) is 0 Å². The van der Waals surface area contributed by atoms with Crippen molar-refractivity contribution in [2.75, 3.05) is 19.3 Å². The predicted molar refractivity (Wildman–Crippen MR) is 97.6 cm³/mol. The maximum atomic E-state index is 12.4. The Labute approximate surface area is 147 Å². The second kappa shape index (κ2) is 7.60. The topological polar surface area (TPSA) is 38.6 Å². The molecule has 0 amide bonds. The Balaban J connectivity index is 1.98. The van der Waals surface area contributed by atoms with Crippen molar-refractivity contribution in [1.29, 1.82) is 0 Å². The molecule has 2 aromatic carbocycles. The van der Waals surface area contributed by atoms with Crippen LogP contribution in [0.3, 0.4) is 0 Å². The van der Waals surface area contributed by atoms with Gasteiger partial charge in [0, 0.05) is 10.0 Å². The predicted octanol–water partition coefficient (Wildman–Crippen LogP) is 2.55. The second-order valence-electron chi connectivity index (χ2n) is 6.09. The number of hydrogen-bond donors (Lipinski definition) is 1. The molecule has 2 rings (SSSR count). The number of benzene rings is 2. The van der Waals surface area contributed by atoms with Crippen molar-refractivity contribution in [2.45, 2.75) is 25.3 Å². The van der Waals surface area contributed by atoms with Gasteiger partial charge < -0.3 is 4.90 Å².